The molecule has 0 fully saturated rings. The van der Waals surface area contributed by atoms with Crippen molar-refractivity contribution < 1.29 is 20.1 Å². The maximum absolute atomic E-state index is 10.3. The van der Waals surface area contributed by atoms with Crippen LogP contribution >= 0.6 is 0 Å². The molecule has 72 valence electrons. The van der Waals surface area contributed by atoms with Gasteiger partial charge in [-0.2, -0.15) is 0 Å². The summed E-state index contributed by atoms with van der Waals surface area (Å²) in [6.07, 6.45) is 0. The van der Waals surface area contributed by atoms with Gasteiger partial charge in [0.1, 0.15) is 0 Å². The monoisotopic (exact) mass is 177 g/mol. The molecule has 5 nitrogen and oxygen atoms in total. The Hall–Kier alpha value is -0.650. The van der Waals surface area contributed by atoms with Crippen molar-refractivity contribution in [1.82, 2.24) is 5.32 Å². The SMILES string of the molecule is CC(CNC(CO)CO)C(=O)O. The Morgan fingerprint density at radius 1 is 1.42 bits per heavy atom. The van der Waals surface area contributed by atoms with Crippen LogP contribution in [0.25, 0.3) is 0 Å². The highest BCUT2D eigenvalue weighted by molar-refractivity contribution is 5.69. The van der Waals surface area contributed by atoms with E-state index in [0.29, 0.717) is 0 Å². The van der Waals surface area contributed by atoms with Crippen LogP contribution in [0.5, 0.6) is 0 Å². The first-order chi connectivity index (χ1) is 5.61. The number of hydrogen-bond donors (Lipinski definition) is 4. The second kappa shape index (κ2) is 5.93. The minimum atomic E-state index is -0.892. The van der Waals surface area contributed by atoms with Crippen LogP contribution in [0.1, 0.15) is 6.92 Å². The normalized spacial score (nSPS) is 13.3. The molecule has 4 N–H and O–H groups in total. The summed E-state index contributed by atoms with van der Waals surface area (Å²) in [5, 5.41) is 28.4. The Kier molecular flexibility index (Phi) is 5.61. The number of nitrogens with one attached hydrogen (secondary N) is 1. The molecule has 0 heterocycles. The first kappa shape index (κ1) is 11.4. The lowest BCUT2D eigenvalue weighted by atomic mass is 10.2. The average Bonchev–Trinajstić information content (AvgIpc) is 2.05. The molecule has 0 radical (unpaired) electrons. The van der Waals surface area contributed by atoms with Gasteiger partial charge in [0.05, 0.1) is 25.2 Å². The van der Waals surface area contributed by atoms with Gasteiger partial charge in [-0.3, -0.25) is 4.79 Å². The summed E-state index contributed by atoms with van der Waals surface area (Å²) >= 11 is 0. The van der Waals surface area contributed by atoms with E-state index in [1.165, 1.54) is 0 Å². The molecule has 0 aliphatic rings. The van der Waals surface area contributed by atoms with Crippen molar-refractivity contribution in [2.24, 2.45) is 5.92 Å². The second-order valence-electron chi connectivity index (χ2n) is 2.71. The molecule has 12 heavy (non-hydrogen) atoms. The van der Waals surface area contributed by atoms with Gasteiger partial charge in [-0.25, -0.2) is 0 Å². The van der Waals surface area contributed by atoms with Gasteiger partial charge in [0.2, 0.25) is 0 Å². The predicted molar refractivity (Wildman–Crippen MR) is 42.8 cm³/mol. The van der Waals surface area contributed by atoms with Crippen molar-refractivity contribution in [3.63, 3.8) is 0 Å². The minimum absolute atomic E-state index is 0.192. The average molecular weight is 177 g/mol. The molecule has 0 aromatic carbocycles. The topological polar surface area (TPSA) is 89.8 Å². The van der Waals surface area contributed by atoms with E-state index in [4.69, 9.17) is 15.3 Å². The molecule has 0 aromatic heterocycles. The van der Waals surface area contributed by atoms with Crippen molar-refractivity contribution in [3.8, 4) is 0 Å². The summed E-state index contributed by atoms with van der Waals surface area (Å²) in [7, 11) is 0. The van der Waals surface area contributed by atoms with Crippen molar-refractivity contribution in [2.45, 2.75) is 13.0 Å². The zero-order chi connectivity index (χ0) is 9.56. The van der Waals surface area contributed by atoms with Crippen LogP contribution in [0, 0.1) is 5.92 Å². The number of hydrogen-bond acceptors (Lipinski definition) is 4. The van der Waals surface area contributed by atoms with Crippen molar-refractivity contribution in [3.05, 3.63) is 0 Å². The highest BCUT2D eigenvalue weighted by Gasteiger charge is 2.12. The first-order valence-corrected chi connectivity index (χ1v) is 3.79. The van der Waals surface area contributed by atoms with E-state index in [-0.39, 0.29) is 19.8 Å². The second-order valence-corrected chi connectivity index (χ2v) is 2.71. The van der Waals surface area contributed by atoms with Crippen LogP contribution in [0.4, 0.5) is 0 Å². The molecule has 0 bridgehead atoms. The molecule has 0 saturated carbocycles. The van der Waals surface area contributed by atoms with E-state index in [9.17, 15) is 4.79 Å². The molecular formula is C7H15NO4. The third-order valence-electron chi connectivity index (χ3n) is 1.58. The fourth-order valence-corrected chi connectivity index (χ4v) is 0.618. The smallest absolute Gasteiger partial charge is 0.307 e. The zero-order valence-electron chi connectivity index (χ0n) is 7.03. The quantitative estimate of drug-likeness (QED) is 0.403. The third-order valence-corrected chi connectivity index (χ3v) is 1.58. The molecule has 0 aromatic rings. The van der Waals surface area contributed by atoms with Gasteiger partial charge in [-0.05, 0) is 0 Å². The first-order valence-electron chi connectivity index (χ1n) is 3.79. The number of aliphatic carboxylic acids is 1. The molecule has 0 saturated heterocycles. The Labute approximate surface area is 71.0 Å². The number of aliphatic hydroxyl groups excluding tert-OH is 2. The molecule has 0 aliphatic heterocycles. The van der Waals surface area contributed by atoms with Crippen LogP contribution in [0.15, 0.2) is 0 Å². The molecule has 0 rings (SSSR count). The Balaban J connectivity index is 3.58. The molecule has 5 heteroatoms. The van der Waals surface area contributed by atoms with E-state index < -0.39 is 17.9 Å². The number of aliphatic hydroxyl groups is 2. The summed E-state index contributed by atoms with van der Waals surface area (Å²) < 4.78 is 0. The van der Waals surface area contributed by atoms with Gasteiger partial charge >= 0.3 is 5.97 Å². The Bertz CT molecular complexity index is 135. The lowest BCUT2D eigenvalue weighted by Gasteiger charge is -2.14. The number of rotatable bonds is 6. The van der Waals surface area contributed by atoms with Crippen molar-refractivity contribution in [2.75, 3.05) is 19.8 Å². The van der Waals surface area contributed by atoms with Crippen LogP contribution in [0.2, 0.25) is 0 Å². The van der Waals surface area contributed by atoms with E-state index in [1.807, 2.05) is 0 Å². The van der Waals surface area contributed by atoms with Gasteiger partial charge < -0.3 is 20.6 Å². The van der Waals surface area contributed by atoms with Crippen molar-refractivity contribution >= 4 is 5.97 Å². The summed E-state index contributed by atoms with van der Waals surface area (Å²) in [5.41, 5.74) is 0. The standard InChI is InChI=1S/C7H15NO4/c1-5(7(11)12)2-8-6(3-9)4-10/h5-6,8-10H,2-4H2,1H3,(H,11,12). The maximum Gasteiger partial charge on any atom is 0.307 e. The lowest BCUT2D eigenvalue weighted by molar-refractivity contribution is -0.141. The van der Waals surface area contributed by atoms with E-state index >= 15 is 0 Å². The number of carboxylic acid groups (broad SMARTS) is 1. The Morgan fingerprint density at radius 3 is 2.25 bits per heavy atom. The number of carboxylic acids is 1. The number of carbonyl (C=O) groups is 1. The Morgan fingerprint density at radius 2 is 1.92 bits per heavy atom. The molecule has 0 aliphatic carbocycles. The fourth-order valence-electron chi connectivity index (χ4n) is 0.618. The van der Waals surface area contributed by atoms with Gasteiger partial charge in [-0.15, -0.1) is 0 Å². The van der Waals surface area contributed by atoms with Gasteiger partial charge in [0, 0.05) is 6.54 Å². The highest BCUT2D eigenvalue weighted by Crippen LogP contribution is 1.92. The summed E-state index contributed by atoms with van der Waals surface area (Å²) in [6, 6.07) is -0.424. The zero-order valence-corrected chi connectivity index (χ0v) is 7.03. The summed E-state index contributed by atoms with van der Waals surface area (Å²) in [6.45, 7) is 1.42. The van der Waals surface area contributed by atoms with Gasteiger partial charge in [0.15, 0.2) is 0 Å². The maximum atomic E-state index is 10.3. The summed E-state index contributed by atoms with van der Waals surface area (Å²) in [5.74, 6) is -1.40. The molecular weight excluding hydrogens is 162 g/mol. The lowest BCUT2D eigenvalue weighted by Crippen LogP contribution is -2.39. The molecule has 0 spiro atoms. The van der Waals surface area contributed by atoms with Crippen LogP contribution < -0.4 is 5.32 Å². The van der Waals surface area contributed by atoms with Crippen LogP contribution in [0.3, 0.4) is 0 Å². The van der Waals surface area contributed by atoms with Crippen LogP contribution in [-0.4, -0.2) is 47.1 Å². The van der Waals surface area contributed by atoms with Gasteiger partial charge in [0.25, 0.3) is 0 Å². The third kappa shape index (κ3) is 4.27. The van der Waals surface area contributed by atoms with E-state index in [1.54, 1.807) is 6.92 Å². The minimum Gasteiger partial charge on any atom is -0.481 e. The largest absolute Gasteiger partial charge is 0.481 e. The molecule has 1 unspecified atom stereocenters. The summed E-state index contributed by atoms with van der Waals surface area (Å²) in [4.78, 5) is 10.3. The predicted octanol–water partition coefficient (Wildman–Crippen LogP) is -1.35. The van der Waals surface area contributed by atoms with Crippen molar-refractivity contribution in [1.29, 1.82) is 0 Å². The van der Waals surface area contributed by atoms with E-state index in [0.717, 1.165) is 0 Å². The fraction of sp³-hybridized carbons (Fsp3) is 0.857. The molecule has 0 amide bonds. The molecule has 1 atom stereocenters. The highest BCUT2D eigenvalue weighted by atomic mass is 16.4. The van der Waals surface area contributed by atoms with E-state index in [2.05, 4.69) is 5.32 Å². The van der Waals surface area contributed by atoms with Crippen LogP contribution in [-0.2, 0) is 4.79 Å². The van der Waals surface area contributed by atoms with Gasteiger partial charge in [-0.1, -0.05) is 6.92 Å².